The number of anilines is 2. The second kappa shape index (κ2) is 7.27. The molecule has 2 aliphatic heterocycles. The van der Waals surface area contributed by atoms with Crippen LogP contribution in [0.3, 0.4) is 0 Å². The molecule has 1 saturated carbocycles. The number of rotatable bonds is 3. The maximum absolute atomic E-state index is 12.9. The zero-order valence-corrected chi connectivity index (χ0v) is 19.1. The maximum Gasteiger partial charge on any atom is 0.271 e. The van der Waals surface area contributed by atoms with Crippen molar-refractivity contribution < 1.29 is 0 Å². The van der Waals surface area contributed by atoms with Gasteiger partial charge in [-0.2, -0.15) is 5.26 Å². The van der Waals surface area contributed by atoms with Crippen molar-refractivity contribution in [1.29, 1.82) is 5.26 Å². The summed E-state index contributed by atoms with van der Waals surface area (Å²) in [5.41, 5.74) is 2.59. The van der Waals surface area contributed by atoms with Gasteiger partial charge in [-0.25, -0.2) is 15.0 Å². The van der Waals surface area contributed by atoms with Crippen molar-refractivity contribution in [1.82, 2.24) is 19.5 Å². The molecule has 0 amide bonds. The molecule has 0 aromatic carbocycles. The third-order valence-corrected chi connectivity index (χ3v) is 8.24. The van der Waals surface area contributed by atoms with Gasteiger partial charge in [0.2, 0.25) is 0 Å². The van der Waals surface area contributed by atoms with E-state index in [1.165, 1.54) is 24.2 Å². The monoisotopic (exact) mass is 447 g/mol. The van der Waals surface area contributed by atoms with Crippen molar-refractivity contribution in [2.75, 3.05) is 29.4 Å². The van der Waals surface area contributed by atoms with Crippen molar-refractivity contribution in [3.05, 3.63) is 39.1 Å². The van der Waals surface area contributed by atoms with Gasteiger partial charge in [-0.1, -0.05) is 0 Å². The Morgan fingerprint density at radius 1 is 1.16 bits per heavy atom. The fourth-order valence-corrected chi connectivity index (χ4v) is 6.30. The molecule has 0 spiro atoms. The first kappa shape index (κ1) is 19.7. The molecule has 0 radical (unpaired) electrons. The molecule has 9 heteroatoms. The largest absolute Gasteiger partial charge is 0.368 e. The van der Waals surface area contributed by atoms with Gasteiger partial charge >= 0.3 is 0 Å². The molecule has 2 atom stereocenters. The highest BCUT2D eigenvalue weighted by Crippen LogP contribution is 2.40. The SMILES string of the molecule is Cc1nc2c(N3CC[C@H]4[C@H](CCN4c4cnc(C5CC5)nc4)C3)c(C#N)c(=O)n(C)c2s1. The van der Waals surface area contributed by atoms with Crippen LogP contribution in [0.25, 0.3) is 10.3 Å². The van der Waals surface area contributed by atoms with E-state index in [1.807, 2.05) is 19.3 Å². The Balaban J connectivity index is 1.30. The van der Waals surface area contributed by atoms with Crippen LogP contribution in [0, 0.1) is 24.2 Å². The van der Waals surface area contributed by atoms with Gasteiger partial charge in [-0.15, -0.1) is 11.3 Å². The molecule has 6 rings (SSSR count). The third-order valence-electron chi connectivity index (χ3n) is 7.20. The average Bonchev–Trinajstić information content (AvgIpc) is 3.46. The van der Waals surface area contributed by atoms with Crippen LogP contribution in [-0.4, -0.2) is 45.2 Å². The van der Waals surface area contributed by atoms with E-state index < -0.39 is 0 Å². The molecular weight excluding hydrogens is 422 g/mol. The summed E-state index contributed by atoms with van der Waals surface area (Å²) in [6, 6.07) is 2.62. The predicted octanol–water partition coefficient (Wildman–Crippen LogP) is 2.95. The molecule has 0 bridgehead atoms. The van der Waals surface area contributed by atoms with Crippen LogP contribution in [0.5, 0.6) is 0 Å². The molecule has 164 valence electrons. The number of pyridine rings is 1. The van der Waals surface area contributed by atoms with Gasteiger partial charge in [0.1, 0.15) is 27.8 Å². The number of hydrogen-bond donors (Lipinski definition) is 0. The molecule has 3 aromatic heterocycles. The van der Waals surface area contributed by atoms with E-state index in [9.17, 15) is 10.1 Å². The lowest BCUT2D eigenvalue weighted by molar-refractivity contribution is 0.396. The molecule has 2 saturated heterocycles. The van der Waals surface area contributed by atoms with E-state index in [0.29, 0.717) is 17.9 Å². The van der Waals surface area contributed by atoms with E-state index >= 15 is 0 Å². The van der Waals surface area contributed by atoms with Crippen molar-refractivity contribution >= 4 is 33.1 Å². The quantitative estimate of drug-likeness (QED) is 0.610. The van der Waals surface area contributed by atoms with Crippen LogP contribution in [-0.2, 0) is 7.05 Å². The first-order chi connectivity index (χ1) is 15.5. The van der Waals surface area contributed by atoms with Gasteiger partial charge < -0.3 is 14.4 Å². The van der Waals surface area contributed by atoms with Crippen LogP contribution in [0.1, 0.15) is 48.0 Å². The summed E-state index contributed by atoms with van der Waals surface area (Å²) in [6.07, 6.45) is 8.46. The van der Waals surface area contributed by atoms with Gasteiger partial charge in [0.05, 0.1) is 28.8 Å². The number of fused-ring (bicyclic) bond motifs is 2. The number of aromatic nitrogens is 4. The first-order valence-electron chi connectivity index (χ1n) is 11.3. The minimum atomic E-state index is -0.235. The second-order valence-corrected chi connectivity index (χ2v) is 10.4. The smallest absolute Gasteiger partial charge is 0.271 e. The first-order valence-corrected chi connectivity index (χ1v) is 12.1. The van der Waals surface area contributed by atoms with Gasteiger partial charge in [-0.05, 0) is 38.5 Å². The Bertz CT molecular complexity index is 1300. The summed E-state index contributed by atoms with van der Waals surface area (Å²) in [6.45, 7) is 4.56. The molecule has 32 heavy (non-hydrogen) atoms. The van der Waals surface area contributed by atoms with Crippen molar-refractivity contribution in [3.63, 3.8) is 0 Å². The normalized spacial score (nSPS) is 22.9. The summed E-state index contributed by atoms with van der Waals surface area (Å²) in [7, 11) is 1.73. The predicted molar refractivity (Wildman–Crippen MR) is 124 cm³/mol. The number of nitrogens with zero attached hydrogens (tertiary/aromatic N) is 7. The van der Waals surface area contributed by atoms with Crippen LogP contribution in [0.2, 0.25) is 0 Å². The molecule has 0 N–H and O–H groups in total. The Labute approximate surface area is 190 Å². The van der Waals surface area contributed by atoms with Gasteiger partial charge in [0, 0.05) is 38.6 Å². The lowest BCUT2D eigenvalue weighted by atomic mass is 9.92. The van der Waals surface area contributed by atoms with E-state index in [-0.39, 0.29) is 11.1 Å². The summed E-state index contributed by atoms with van der Waals surface area (Å²) in [5.74, 6) is 2.02. The molecule has 1 aliphatic carbocycles. The van der Waals surface area contributed by atoms with E-state index in [1.54, 1.807) is 11.6 Å². The zero-order chi connectivity index (χ0) is 22.0. The van der Waals surface area contributed by atoms with Crippen LogP contribution in [0.15, 0.2) is 17.2 Å². The average molecular weight is 448 g/mol. The van der Waals surface area contributed by atoms with E-state index in [2.05, 4.69) is 25.8 Å². The molecule has 3 fully saturated rings. The number of hydrogen-bond acceptors (Lipinski definition) is 8. The van der Waals surface area contributed by atoms with Crippen LogP contribution >= 0.6 is 11.3 Å². The number of nitriles is 1. The number of aryl methyl sites for hydroxylation is 2. The Kier molecular flexibility index (Phi) is 4.47. The number of thiazole rings is 1. The summed E-state index contributed by atoms with van der Waals surface area (Å²) in [4.78, 5) is 32.4. The van der Waals surface area contributed by atoms with Crippen molar-refractivity contribution in [2.45, 2.75) is 44.6 Å². The Morgan fingerprint density at radius 2 is 1.94 bits per heavy atom. The Morgan fingerprint density at radius 3 is 2.66 bits per heavy atom. The van der Waals surface area contributed by atoms with Gasteiger partial charge in [0.15, 0.2) is 0 Å². The summed E-state index contributed by atoms with van der Waals surface area (Å²) >= 11 is 1.51. The van der Waals surface area contributed by atoms with Crippen molar-refractivity contribution in [2.24, 2.45) is 13.0 Å². The Hall–Kier alpha value is -2.99. The fourth-order valence-electron chi connectivity index (χ4n) is 5.43. The highest BCUT2D eigenvalue weighted by molar-refractivity contribution is 7.18. The summed E-state index contributed by atoms with van der Waals surface area (Å²) < 4.78 is 1.57. The van der Waals surface area contributed by atoms with Gasteiger partial charge in [-0.3, -0.25) is 4.79 Å². The highest BCUT2D eigenvalue weighted by Gasteiger charge is 2.40. The van der Waals surface area contributed by atoms with Crippen LogP contribution in [0.4, 0.5) is 11.4 Å². The molecule has 3 aromatic rings. The lowest BCUT2D eigenvalue weighted by Gasteiger charge is -2.40. The lowest BCUT2D eigenvalue weighted by Crippen LogP contribution is -2.47. The second-order valence-electron chi connectivity index (χ2n) is 9.20. The fraction of sp³-hybridized carbons (Fsp3) is 0.522. The topological polar surface area (TPSA) is 90.9 Å². The minimum Gasteiger partial charge on any atom is -0.368 e. The van der Waals surface area contributed by atoms with Gasteiger partial charge in [0.25, 0.3) is 5.56 Å². The molecular formula is C23H25N7OS. The standard InChI is InChI=1S/C23H25N7OS/c1-13-27-19-20(17(9-24)22(31)28(2)23(19)32-13)29-7-6-18-15(12-29)5-8-30(18)16-10-25-21(26-11-16)14-3-4-14/h10-11,14-15,18H,3-8,12H2,1-2H3/t15-,18+/m1/s1. The maximum atomic E-state index is 12.9. The molecule has 8 nitrogen and oxygen atoms in total. The van der Waals surface area contributed by atoms with E-state index in [0.717, 1.165) is 65.0 Å². The third kappa shape index (κ3) is 3.00. The minimum absolute atomic E-state index is 0.211. The number of piperidine rings is 1. The molecule has 5 heterocycles. The zero-order valence-electron chi connectivity index (χ0n) is 18.3. The van der Waals surface area contributed by atoms with E-state index in [4.69, 9.17) is 4.98 Å². The van der Waals surface area contributed by atoms with Crippen LogP contribution < -0.4 is 15.4 Å². The molecule has 0 unspecified atom stereocenters. The molecule has 3 aliphatic rings. The van der Waals surface area contributed by atoms with Crippen molar-refractivity contribution in [3.8, 4) is 6.07 Å². The highest BCUT2D eigenvalue weighted by atomic mass is 32.1. The summed E-state index contributed by atoms with van der Waals surface area (Å²) in [5, 5.41) is 10.7.